The Labute approximate surface area is 225 Å². The molecule has 190 valence electrons. The van der Waals surface area contributed by atoms with E-state index in [4.69, 9.17) is 31.0 Å². The molecule has 0 spiro atoms. The number of carbonyl (C=O) groups is 2. The van der Waals surface area contributed by atoms with Crippen molar-refractivity contribution in [2.75, 3.05) is 0 Å². The van der Waals surface area contributed by atoms with Gasteiger partial charge in [-0.3, -0.25) is 9.59 Å². The fraction of sp³-hybridized carbons (Fsp3) is 0.357. The Morgan fingerprint density at radius 3 is 1.56 bits per heavy atom. The number of fused-ring (bicyclic) bond motifs is 3. The van der Waals surface area contributed by atoms with E-state index < -0.39 is 15.3 Å². The number of aryl methyl sites for hydroxylation is 1. The summed E-state index contributed by atoms with van der Waals surface area (Å²) in [6, 6.07) is 15.7. The first-order chi connectivity index (χ1) is 17.2. The number of hydrogen-bond acceptors (Lipinski definition) is 4. The molecule has 2 aromatic carbocycles. The zero-order chi connectivity index (χ0) is 26.3. The number of halogens is 2. The summed E-state index contributed by atoms with van der Waals surface area (Å²) in [5, 5.41) is 0. The lowest BCUT2D eigenvalue weighted by Gasteiger charge is -2.35. The van der Waals surface area contributed by atoms with Gasteiger partial charge >= 0.3 is 15.3 Å². The molecular weight excluding hydrogens is 527 g/mol. The van der Waals surface area contributed by atoms with E-state index in [2.05, 4.69) is 0 Å². The third kappa shape index (κ3) is 4.53. The SMILES string of the molecule is CCc1ccc2c(c1)C(=O)C1=C(O[Si](Cl)(CC)CC)c3ccccc3C(=O)C1=C2O[Si](Cl)(CC)CC. The first-order valence-corrected chi connectivity index (χ1v) is 19.4. The summed E-state index contributed by atoms with van der Waals surface area (Å²) in [6.45, 7) is 10.0. The van der Waals surface area contributed by atoms with Gasteiger partial charge in [0.25, 0.3) is 0 Å². The fourth-order valence-corrected chi connectivity index (χ4v) is 7.84. The predicted molar refractivity (Wildman–Crippen MR) is 152 cm³/mol. The van der Waals surface area contributed by atoms with Crippen molar-refractivity contribution in [2.45, 2.75) is 65.2 Å². The Morgan fingerprint density at radius 2 is 1.08 bits per heavy atom. The van der Waals surface area contributed by atoms with Gasteiger partial charge in [-0.15, -0.1) is 22.2 Å². The summed E-state index contributed by atoms with van der Waals surface area (Å²) >= 11 is 14.0. The van der Waals surface area contributed by atoms with Crippen molar-refractivity contribution in [3.05, 3.63) is 81.4 Å². The number of allylic oxidation sites excluding steroid dienone is 2. The molecule has 0 unspecified atom stereocenters. The number of ketones is 2. The van der Waals surface area contributed by atoms with E-state index in [0.717, 1.165) is 12.0 Å². The first-order valence-electron chi connectivity index (χ1n) is 12.7. The third-order valence-electron chi connectivity index (χ3n) is 7.24. The average Bonchev–Trinajstić information content (AvgIpc) is 2.92. The van der Waals surface area contributed by atoms with Crippen molar-refractivity contribution < 1.29 is 18.4 Å². The van der Waals surface area contributed by atoms with Crippen LogP contribution in [0.1, 0.15) is 72.0 Å². The lowest BCUT2D eigenvalue weighted by Crippen LogP contribution is -2.36. The van der Waals surface area contributed by atoms with Gasteiger partial charge in [-0.05, 0) is 42.2 Å². The maximum Gasteiger partial charge on any atom is 0.347 e. The monoisotopic (exact) mass is 558 g/mol. The van der Waals surface area contributed by atoms with Gasteiger partial charge in [0.2, 0.25) is 0 Å². The van der Waals surface area contributed by atoms with Gasteiger partial charge < -0.3 is 8.85 Å². The highest BCUT2D eigenvalue weighted by Gasteiger charge is 2.46. The molecule has 0 atom stereocenters. The predicted octanol–water partition coefficient (Wildman–Crippen LogP) is 8.24. The van der Waals surface area contributed by atoms with Crippen molar-refractivity contribution in [1.29, 1.82) is 0 Å². The van der Waals surface area contributed by atoms with Crippen LogP contribution in [-0.4, -0.2) is 26.8 Å². The van der Waals surface area contributed by atoms with Crippen LogP contribution in [0.25, 0.3) is 11.5 Å². The Morgan fingerprint density at radius 1 is 0.639 bits per heavy atom. The molecule has 0 amide bonds. The number of benzene rings is 2. The largest absolute Gasteiger partial charge is 0.528 e. The number of hydrogen-bond donors (Lipinski definition) is 0. The van der Waals surface area contributed by atoms with E-state index in [0.29, 0.717) is 57.9 Å². The van der Waals surface area contributed by atoms with E-state index >= 15 is 0 Å². The third-order valence-corrected chi connectivity index (χ3v) is 16.3. The van der Waals surface area contributed by atoms with Crippen molar-refractivity contribution in [1.82, 2.24) is 0 Å². The molecule has 8 heteroatoms. The summed E-state index contributed by atoms with van der Waals surface area (Å²) in [5.41, 5.74) is 3.71. The lowest BCUT2D eigenvalue weighted by atomic mass is 9.76. The van der Waals surface area contributed by atoms with Gasteiger partial charge in [-0.2, -0.15) is 0 Å². The molecule has 0 heterocycles. The Bertz CT molecular complexity index is 1290. The summed E-state index contributed by atoms with van der Waals surface area (Å²) < 4.78 is 13.2. The lowest BCUT2D eigenvalue weighted by molar-refractivity contribution is 0.0988. The molecule has 0 saturated heterocycles. The molecule has 4 nitrogen and oxygen atoms in total. The van der Waals surface area contributed by atoms with Gasteiger partial charge in [0.05, 0.1) is 11.1 Å². The maximum atomic E-state index is 14.2. The molecule has 0 fully saturated rings. The van der Waals surface area contributed by atoms with Gasteiger partial charge in [0.1, 0.15) is 11.5 Å². The van der Waals surface area contributed by atoms with Crippen LogP contribution in [0, 0.1) is 0 Å². The Balaban J connectivity index is 2.12. The van der Waals surface area contributed by atoms with Gasteiger partial charge in [-0.25, -0.2) is 0 Å². The molecule has 2 aliphatic carbocycles. The van der Waals surface area contributed by atoms with Crippen LogP contribution in [0.15, 0.2) is 53.6 Å². The molecule has 0 bridgehead atoms. The quantitative estimate of drug-likeness (QED) is 0.229. The summed E-state index contributed by atoms with van der Waals surface area (Å²) in [7, 11) is -5.41. The smallest absolute Gasteiger partial charge is 0.347 e. The van der Waals surface area contributed by atoms with Crippen LogP contribution in [0.2, 0.25) is 24.2 Å². The molecular formula is C28H32Cl2O4Si2. The topological polar surface area (TPSA) is 52.6 Å². The van der Waals surface area contributed by atoms with Crippen LogP contribution in [0.5, 0.6) is 0 Å². The minimum Gasteiger partial charge on any atom is -0.528 e. The van der Waals surface area contributed by atoms with Gasteiger partial charge in [-0.1, -0.05) is 71.0 Å². The van der Waals surface area contributed by atoms with E-state index in [1.165, 1.54) is 0 Å². The number of rotatable bonds is 9. The van der Waals surface area contributed by atoms with Gasteiger partial charge in [0, 0.05) is 22.3 Å². The summed E-state index contributed by atoms with van der Waals surface area (Å²) in [5.74, 6) is 0.286. The minimum absolute atomic E-state index is 0.240. The highest BCUT2D eigenvalue weighted by Crippen LogP contribution is 2.47. The van der Waals surface area contributed by atoms with Crippen LogP contribution in [-0.2, 0) is 15.3 Å². The van der Waals surface area contributed by atoms with Crippen LogP contribution < -0.4 is 0 Å². The normalized spacial score (nSPS) is 15.5. The molecule has 0 saturated carbocycles. The Kier molecular flexibility index (Phi) is 7.72. The zero-order valence-electron chi connectivity index (χ0n) is 21.5. The van der Waals surface area contributed by atoms with E-state index in [1.54, 1.807) is 6.07 Å². The molecule has 0 aromatic heterocycles. The molecule has 0 aliphatic heterocycles. The number of Topliss-reactive ketones (excluding diaryl/α,β-unsaturated/α-hetero) is 2. The van der Waals surface area contributed by atoms with Crippen molar-refractivity contribution >= 4 is 60.5 Å². The Hall–Kier alpha value is -2.13. The molecule has 36 heavy (non-hydrogen) atoms. The summed E-state index contributed by atoms with van der Waals surface area (Å²) in [6.07, 6.45) is 0.777. The molecule has 0 N–H and O–H groups in total. The average molecular weight is 560 g/mol. The molecule has 4 rings (SSSR count). The van der Waals surface area contributed by atoms with Crippen molar-refractivity contribution in [3.8, 4) is 0 Å². The van der Waals surface area contributed by atoms with Crippen LogP contribution in [0.4, 0.5) is 0 Å². The second-order valence-electron chi connectivity index (χ2n) is 9.23. The summed E-state index contributed by atoms with van der Waals surface area (Å²) in [4.78, 5) is 28.2. The van der Waals surface area contributed by atoms with Gasteiger partial charge in [0.15, 0.2) is 11.6 Å². The van der Waals surface area contributed by atoms with E-state index in [9.17, 15) is 9.59 Å². The standard InChI is InChI=1S/C28H32Cl2O4Si2/c1-6-18-15-16-21-22(17-18)26(32)24-23(28(21)34-36(30,9-4)10-5)25(31)19-13-11-12-14-20(19)27(24)33-35(29,7-2)8-3/h11-17H,6-10H2,1-5H3. The second kappa shape index (κ2) is 10.3. The zero-order valence-corrected chi connectivity index (χ0v) is 25.0. The van der Waals surface area contributed by atoms with E-state index in [-0.39, 0.29) is 22.7 Å². The molecule has 2 aromatic rings. The van der Waals surface area contributed by atoms with Crippen molar-refractivity contribution in [2.24, 2.45) is 0 Å². The number of carbonyl (C=O) groups excluding carboxylic acids is 2. The van der Waals surface area contributed by atoms with Crippen LogP contribution >= 0.6 is 22.2 Å². The van der Waals surface area contributed by atoms with E-state index in [1.807, 2.05) is 71.0 Å². The fourth-order valence-electron chi connectivity index (χ4n) is 4.64. The maximum absolute atomic E-state index is 14.2. The molecule has 2 aliphatic rings. The molecule has 0 radical (unpaired) electrons. The highest BCUT2D eigenvalue weighted by atomic mass is 35.6. The second-order valence-corrected chi connectivity index (χ2v) is 20.1. The first kappa shape index (κ1) is 26.9. The highest BCUT2D eigenvalue weighted by molar-refractivity contribution is 7.17. The van der Waals surface area contributed by atoms with Crippen LogP contribution in [0.3, 0.4) is 0 Å². The van der Waals surface area contributed by atoms with Crippen molar-refractivity contribution in [3.63, 3.8) is 0 Å². The minimum atomic E-state index is -2.71.